The fourth-order valence-corrected chi connectivity index (χ4v) is 3.42. The van der Waals surface area contributed by atoms with Gasteiger partial charge in [-0.2, -0.15) is 13.5 Å². The molecule has 0 saturated carbocycles. The Balaban J connectivity index is 1.63. The van der Waals surface area contributed by atoms with Crippen LogP contribution in [0.5, 0.6) is 0 Å². The number of hydroxylamine groups is 3. The molecular weight excluding hydrogens is 420 g/mol. The standard InChI is InChI=1S/C14H17F2N5O7S/c15-14(16)4-10(20-6-11(14)21(13(20)23)28-29(24,25)26)12(22)19-27-7-9(17)8-2-1-3-18-5-8/h1-3,5,9-11H,4,6-7,17H2,(H,19,22)(H,24,25,26)/t9?,10-,11-/m0/s1. The van der Waals surface area contributed by atoms with E-state index in [4.69, 9.17) is 15.1 Å². The van der Waals surface area contributed by atoms with Crippen LogP contribution in [-0.2, 0) is 24.3 Å². The van der Waals surface area contributed by atoms with E-state index in [2.05, 4.69) is 9.27 Å². The lowest BCUT2D eigenvalue weighted by Gasteiger charge is -2.34. The van der Waals surface area contributed by atoms with Crippen molar-refractivity contribution in [1.82, 2.24) is 20.4 Å². The number of alkyl halides is 2. The van der Waals surface area contributed by atoms with Gasteiger partial charge in [0.05, 0.1) is 19.2 Å². The number of fused-ring (bicyclic) bond motifs is 2. The molecule has 4 N–H and O–H groups in total. The first kappa shape index (κ1) is 21.3. The molecule has 2 fully saturated rings. The Morgan fingerprint density at radius 3 is 2.86 bits per heavy atom. The van der Waals surface area contributed by atoms with E-state index < -0.39 is 59.4 Å². The number of pyridine rings is 1. The molecule has 1 aromatic rings. The second kappa shape index (κ2) is 7.75. The summed E-state index contributed by atoms with van der Waals surface area (Å²) in [4.78, 5) is 34.0. The highest BCUT2D eigenvalue weighted by atomic mass is 32.3. The number of halogens is 2. The monoisotopic (exact) mass is 437 g/mol. The minimum absolute atomic E-state index is 0.151. The van der Waals surface area contributed by atoms with Crippen LogP contribution in [0, 0.1) is 0 Å². The van der Waals surface area contributed by atoms with Crippen molar-refractivity contribution in [1.29, 1.82) is 0 Å². The first-order chi connectivity index (χ1) is 13.5. The predicted molar refractivity (Wildman–Crippen MR) is 89.0 cm³/mol. The Labute approximate surface area is 163 Å². The molecule has 3 amide bonds. The average Bonchev–Trinajstić information content (AvgIpc) is 2.92. The van der Waals surface area contributed by atoms with Gasteiger partial charge in [0.25, 0.3) is 11.8 Å². The minimum Gasteiger partial charge on any atom is -0.322 e. The predicted octanol–water partition coefficient (Wildman–Crippen LogP) is -0.623. The van der Waals surface area contributed by atoms with Crippen LogP contribution in [0.25, 0.3) is 0 Å². The summed E-state index contributed by atoms with van der Waals surface area (Å²) >= 11 is 0. The molecule has 160 valence electrons. The van der Waals surface area contributed by atoms with Gasteiger partial charge in [0.15, 0.2) is 0 Å². The lowest BCUT2D eigenvalue weighted by atomic mass is 9.96. The van der Waals surface area contributed by atoms with Gasteiger partial charge in [-0.05, 0) is 11.6 Å². The largest absolute Gasteiger partial charge is 0.418 e. The Morgan fingerprint density at radius 1 is 1.52 bits per heavy atom. The SMILES string of the molecule is NC(CONC(=O)[C@@H]1CC(F)(F)[C@@H]2CN1C(=O)N2OS(=O)(=O)O)c1cccnc1. The van der Waals surface area contributed by atoms with Crippen LogP contribution >= 0.6 is 0 Å². The minimum atomic E-state index is -5.22. The fraction of sp³-hybridized carbons (Fsp3) is 0.500. The zero-order valence-corrected chi connectivity index (χ0v) is 15.5. The van der Waals surface area contributed by atoms with Crippen LogP contribution in [-0.4, -0.2) is 71.0 Å². The van der Waals surface area contributed by atoms with Gasteiger partial charge in [0.2, 0.25) is 0 Å². The quantitative estimate of drug-likeness (QED) is 0.372. The topological polar surface area (TPSA) is 164 Å². The second-order valence-electron chi connectivity index (χ2n) is 6.43. The molecule has 12 nitrogen and oxygen atoms in total. The zero-order chi connectivity index (χ0) is 21.4. The van der Waals surface area contributed by atoms with Crippen LogP contribution in [0.15, 0.2) is 24.5 Å². The molecule has 2 saturated heterocycles. The summed E-state index contributed by atoms with van der Waals surface area (Å²) in [5.41, 5.74) is 8.43. The highest BCUT2D eigenvalue weighted by molar-refractivity contribution is 7.80. The van der Waals surface area contributed by atoms with Crippen molar-refractivity contribution in [2.45, 2.75) is 30.5 Å². The maximum atomic E-state index is 14.4. The maximum Gasteiger partial charge on any atom is 0.418 e. The third kappa shape index (κ3) is 4.59. The number of urea groups is 1. The van der Waals surface area contributed by atoms with Crippen LogP contribution < -0.4 is 11.2 Å². The Hall–Kier alpha value is -2.46. The lowest BCUT2D eigenvalue weighted by Crippen LogP contribution is -2.56. The number of amides is 3. The highest BCUT2D eigenvalue weighted by Crippen LogP contribution is 2.41. The van der Waals surface area contributed by atoms with E-state index in [1.807, 2.05) is 5.48 Å². The molecule has 2 aliphatic heterocycles. The second-order valence-corrected chi connectivity index (χ2v) is 7.43. The van der Waals surface area contributed by atoms with E-state index in [1.54, 1.807) is 12.1 Å². The van der Waals surface area contributed by atoms with Crippen LogP contribution in [0.1, 0.15) is 18.0 Å². The van der Waals surface area contributed by atoms with Crippen molar-refractivity contribution in [3.8, 4) is 0 Å². The van der Waals surface area contributed by atoms with E-state index in [9.17, 15) is 26.8 Å². The molecule has 0 aromatic carbocycles. The van der Waals surface area contributed by atoms with Gasteiger partial charge in [-0.25, -0.2) is 19.1 Å². The Morgan fingerprint density at radius 2 is 2.24 bits per heavy atom. The smallest absolute Gasteiger partial charge is 0.322 e. The van der Waals surface area contributed by atoms with E-state index in [-0.39, 0.29) is 11.7 Å². The van der Waals surface area contributed by atoms with Crippen molar-refractivity contribution in [2.24, 2.45) is 5.73 Å². The molecule has 3 heterocycles. The molecule has 2 aliphatic rings. The summed E-state index contributed by atoms with van der Waals surface area (Å²) < 4.78 is 63.0. The molecule has 0 aliphatic carbocycles. The number of piperidine rings is 1. The molecule has 0 radical (unpaired) electrons. The number of nitrogens with zero attached hydrogens (tertiary/aromatic N) is 3. The van der Waals surface area contributed by atoms with Gasteiger partial charge >= 0.3 is 16.4 Å². The Bertz CT molecular complexity index is 888. The third-order valence-corrected chi connectivity index (χ3v) is 4.79. The zero-order valence-electron chi connectivity index (χ0n) is 14.6. The average molecular weight is 437 g/mol. The number of hydrogen-bond donors (Lipinski definition) is 3. The molecule has 1 unspecified atom stereocenters. The van der Waals surface area contributed by atoms with Crippen molar-refractivity contribution in [3.05, 3.63) is 30.1 Å². The van der Waals surface area contributed by atoms with E-state index in [1.165, 1.54) is 12.4 Å². The molecule has 29 heavy (non-hydrogen) atoms. The normalized spacial score (nSPS) is 24.5. The third-order valence-electron chi connectivity index (χ3n) is 4.44. The van der Waals surface area contributed by atoms with Gasteiger partial charge in [0.1, 0.15) is 12.1 Å². The first-order valence-electron chi connectivity index (χ1n) is 8.21. The summed E-state index contributed by atoms with van der Waals surface area (Å²) in [5.74, 6) is -4.72. The number of carbonyl (C=O) groups is 2. The van der Waals surface area contributed by atoms with Gasteiger partial charge in [-0.1, -0.05) is 6.07 Å². The van der Waals surface area contributed by atoms with E-state index in [0.29, 0.717) is 10.5 Å². The molecule has 0 spiro atoms. The molecule has 1 aromatic heterocycles. The fourth-order valence-electron chi connectivity index (χ4n) is 3.05. The number of nitrogens with two attached hydrogens (primary N) is 1. The maximum absolute atomic E-state index is 14.4. The van der Waals surface area contributed by atoms with Gasteiger partial charge in [0, 0.05) is 18.8 Å². The number of rotatable bonds is 7. The van der Waals surface area contributed by atoms with Crippen molar-refractivity contribution >= 4 is 22.3 Å². The lowest BCUT2D eigenvalue weighted by molar-refractivity contribution is -0.159. The molecule has 3 rings (SSSR count). The van der Waals surface area contributed by atoms with Crippen molar-refractivity contribution in [2.75, 3.05) is 13.2 Å². The van der Waals surface area contributed by atoms with Gasteiger partial charge < -0.3 is 10.6 Å². The summed E-state index contributed by atoms with van der Waals surface area (Å²) in [7, 11) is -5.22. The number of aromatic nitrogens is 1. The van der Waals surface area contributed by atoms with Crippen LogP contribution in [0.4, 0.5) is 13.6 Å². The van der Waals surface area contributed by atoms with E-state index in [0.717, 1.165) is 0 Å². The summed E-state index contributed by atoms with van der Waals surface area (Å²) in [6.07, 6.45) is 1.93. The molecule has 3 atom stereocenters. The molecular formula is C14H17F2N5O7S. The number of carbonyl (C=O) groups excluding carboxylic acids is 2. The summed E-state index contributed by atoms with van der Waals surface area (Å²) in [6, 6.07) is -2.28. The van der Waals surface area contributed by atoms with Gasteiger partial charge in [-0.15, -0.1) is 4.28 Å². The van der Waals surface area contributed by atoms with Crippen molar-refractivity contribution in [3.63, 3.8) is 0 Å². The summed E-state index contributed by atoms with van der Waals surface area (Å²) in [5, 5.41) is -0.151. The molecule has 2 bridgehead atoms. The van der Waals surface area contributed by atoms with Gasteiger partial charge in [-0.3, -0.25) is 19.2 Å². The number of hydrogen-bond acceptors (Lipinski definition) is 8. The van der Waals surface area contributed by atoms with E-state index >= 15 is 0 Å². The Kier molecular flexibility index (Phi) is 5.68. The number of nitrogens with one attached hydrogen (secondary N) is 1. The van der Waals surface area contributed by atoms with Crippen molar-refractivity contribution < 1.29 is 40.5 Å². The first-order valence-corrected chi connectivity index (χ1v) is 9.58. The van der Waals surface area contributed by atoms with Crippen LogP contribution in [0.2, 0.25) is 0 Å². The summed E-state index contributed by atoms with van der Waals surface area (Å²) in [6.45, 7) is -0.885. The molecule has 15 heteroatoms. The van der Waals surface area contributed by atoms with Crippen LogP contribution in [0.3, 0.4) is 0 Å². The highest BCUT2D eigenvalue weighted by Gasteiger charge is 2.62.